The lowest BCUT2D eigenvalue weighted by atomic mass is 9.70. The van der Waals surface area contributed by atoms with Gasteiger partial charge in [-0.05, 0) is 45.9 Å². The lowest BCUT2D eigenvalue weighted by Crippen LogP contribution is -2.82. The van der Waals surface area contributed by atoms with Crippen LogP contribution in [-0.4, -0.2) is 34.2 Å². The summed E-state index contributed by atoms with van der Waals surface area (Å²) >= 11 is 0. The Kier molecular flexibility index (Phi) is 9.57. The standard InChI is InChI=1S/C33H37N5O4/c1-2-28(20-23-11-5-3-6-12-23)32(29(34)39,37-22-25-17-18-26-15-9-10-16-27(26)19-25)33(42,30(35)40)38-31(41)36-21-24-13-7-4-8-14-24/h3-19,28,37,42H,2,20-22H2,1H3,(H2,34,39)(H2,35,40)(H2,36,38,41). The fourth-order valence-corrected chi connectivity index (χ4v) is 5.47. The van der Waals surface area contributed by atoms with E-state index < -0.39 is 35.0 Å². The first kappa shape index (κ1) is 30.2. The lowest BCUT2D eigenvalue weighted by molar-refractivity contribution is -0.165. The van der Waals surface area contributed by atoms with Crippen LogP contribution in [0.15, 0.2) is 103 Å². The number of amides is 4. The molecule has 9 heteroatoms. The molecular formula is C33H37N5O4. The number of primary amides is 2. The molecule has 0 fully saturated rings. The third kappa shape index (κ3) is 6.43. The molecule has 4 amide bonds. The normalized spacial score (nSPS) is 14.7. The van der Waals surface area contributed by atoms with Gasteiger partial charge in [0.05, 0.1) is 0 Å². The van der Waals surface area contributed by atoms with Gasteiger partial charge >= 0.3 is 6.03 Å². The molecule has 0 aliphatic rings. The highest BCUT2D eigenvalue weighted by Gasteiger charge is 2.63. The number of urea groups is 1. The Balaban J connectivity index is 1.74. The van der Waals surface area contributed by atoms with Crippen molar-refractivity contribution in [3.8, 4) is 0 Å². The summed E-state index contributed by atoms with van der Waals surface area (Å²) in [7, 11) is 0. The van der Waals surface area contributed by atoms with Crippen molar-refractivity contribution in [1.82, 2.24) is 16.0 Å². The van der Waals surface area contributed by atoms with Gasteiger partial charge in [-0.15, -0.1) is 0 Å². The Morgan fingerprint density at radius 2 is 1.33 bits per heavy atom. The molecule has 4 rings (SSSR count). The third-order valence-corrected chi connectivity index (χ3v) is 7.72. The molecular weight excluding hydrogens is 530 g/mol. The highest BCUT2D eigenvalue weighted by Crippen LogP contribution is 2.34. The minimum absolute atomic E-state index is 0.0436. The topological polar surface area (TPSA) is 160 Å². The summed E-state index contributed by atoms with van der Waals surface area (Å²) in [6.45, 7) is 1.97. The van der Waals surface area contributed by atoms with Gasteiger partial charge in [-0.25, -0.2) is 4.79 Å². The van der Waals surface area contributed by atoms with Crippen LogP contribution in [0.5, 0.6) is 0 Å². The van der Waals surface area contributed by atoms with Crippen LogP contribution in [0.3, 0.4) is 0 Å². The number of carbonyl (C=O) groups excluding carboxylic acids is 3. The maximum absolute atomic E-state index is 13.6. The predicted molar refractivity (Wildman–Crippen MR) is 163 cm³/mol. The fraction of sp³-hybridized carbons (Fsp3) is 0.242. The summed E-state index contributed by atoms with van der Waals surface area (Å²) in [5, 5.41) is 22.1. The van der Waals surface area contributed by atoms with Crippen LogP contribution in [-0.2, 0) is 29.1 Å². The van der Waals surface area contributed by atoms with E-state index in [-0.39, 0.29) is 19.5 Å². The van der Waals surface area contributed by atoms with Crippen LogP contribution in [0.25, 0.3) is 10.8 Å². The Bertz CT molecular complexity index is 1530. The van der Waals surface area contributed by atoms with Crippen molar-refractivity contribution in [1.29, 1.82) is 0 Å². The summed E-state index contributed by atoms with van der Waals surface area (Å²) in [5.41, 5.74) is 9.20. The second-order valence-corrected chi connectivity index (χ2v) is 10.4. The molecule has 4 aromatic rings. The van der Waals surface area contributed by atoms with E-state index in [1.807, 2.05) is 110 Å². The summed E-state index contributed by atoms with van der Waals surface area (Å²) in [6.07, 6.45) is 0.569. The van der Waals surface area contributed by atoms with Gasteiger partial charge in [-0.2, -0.15) is 0 Å². The summed E-state index contributed by atoms with van der Waals surface area (Å²) in [5.74, 6) is -3.12. The third-order valence-electron chi connectivity index (χ3n) is 7.72. The van der Waals surface area contributed by atoms with Gasteiger partial charge in [-0.1, -0.05) is 110 Å². The molecule has 0 saturated heterocycles. The van der Waals surface area contributed by atoms with Gasteiger partial charge in [0.1, 0.15) is 0 Å². The molecule has 0 saturated carbocycles. The van der Waals surface area contributed by atoms with Crippen LogP contribution in [0.2, 0.25) is 0 Å². The number of benzene rings is 4. The van der Waals surface area contributed by atoms with Crippen LogP contribution in [0.1, 0.15) is 30.0 Å². The van der Waals surface area contributed by atoms with Crippen LogP contribution in [0, 0.1) is 5.92 Å². The maximum atomic E-state index is 13.6. The Morgan fingerprint density at radius 1 is 0.738 bits per heavy atom. The van der Waals surface area contributed by atoms with Gasteiger partial charge in [0.2, 0.25) is 11.6 Å². The van der Waals surface area contributed by atoms with Crippen molar-refractivity contribution in [3.05, 3.63) is 120 Å². The van der Waals surface area contributed by atoms with Gasteiger partial charge in [0.25, 0.3) is 5.91 Å². The second-order valence-electron chi connectivity index (χ2n) is 10.4. The highest BCUT2D eigenvalue weighted by atomic mass is 16.3. The largest absolute Gasteiger partial charge is 0.368 e. The predicted octanol–water partition coefficient (Wildman–Crippen LogP) is 3.10. The summed E-state index contributed by atoms with van der Waals surface area (Å²) < 4.78 is 0. The van der Waals surface area contributed by atoms with E-state index in [9.17, 15) is 19.5 Å². The zero-order valence-electron chi connectivity index (χ0n) is 23.5. The van der Waals surface area contributed by atoms with E-state index in [1.165, 1.54) is 0 Å². The first-order valence-electron chi connectivity index (χ1n) is 13.9. The average molecular weight is 568 g/mol. The molecule has 9 nitrogen and oxygen atoms in total. The number of carbonyl (C=O) groups is 3. The summed E-state index contributed by atoms with van der Waals surface area (Å²) in [6, 6.07) is 31.1. The number of rotatable bonds is 13. The Hall–Kier alpha value is -4.73. The number of hydrogen-bond donors (Lipinski definition) is 6. The quantitative estimate of drug-likeness (QED) is 0.137. The minimum Gasteiger partial charge on any atom is -0.368 e. The molecule has 218 valence electrons. The smallest absolute Gasteiger partial charge is 0.317 e. The van der Waals surface area contributed by atoms with Gasteiger partial charge in [0, 0.05) is 13.1 Å². The molecule has 4 aromatic carbocycles. The van der Waals surface area contributed by atoms with E-state index in [4.69, 9.17) is 11.5 Å². The van der Waals surface area contributed by atoms with E-state index in [0.29, 0.717) is 6.42 Å². The molecule has 0 aromatic heterocycles. The van der Waals surface area contributed by atoms with E-state index >= 15 is 0 Å². The van der Waals surface area contributed by atoms with Crippen molar-refractivity contribution in [2.24, 2.45) is 17.4 Å². The lowest BCUT2D eigenvalue weighted by Gasteiger charge is -2.48. The average Bonchev–Trinajstić information content (AvgIpc) is 3.00. The Labute approximate surface area is 245 Å². The van der Waals surface area contributed by atoms with Crippen LogP contribution in [0.4, 0.5) is 4.79 Å². The Morgan fingerprint density at radius 3 is 1.93 bits per heavy atom. The molecule has 8 N–H and O–H groups in total. The SMILES string of the molecule is CCC(Cc1ccccc1)C(NCc1ccc2ccccc2c1)(C(N)=O)C(O)(NC(=O)NCc1ccccc1)C(N)=O. The van der Waals surface area contributed by atoms with Crippen molar-refractivity contribution in [3.63, 3.8) is 0 Å². The molecule has 0 radical (unpaired) electrons. The zero-order valence-corrected chi connectivity index (χ0v) is 23.5. The summed E-state index contributed by atoms with van der Waals surface area (Å²) in [4.78, 5) is 39.8. The number of fused-ring (bicyclic) bond motifs is 1. The van der Waals surface area contributed by atoms with Gasteiger partial charge in [-0.3, -0.25) is 14.9 Å². The fourth-order valence-electron chi connectivity index (χ4n) is 5.47. The number of aliphatic hydroxyl groups is 1. The van der Waals surface area contributed by atoms with E-state index in [2.05, 4.69) is 16.0 Å². The second kappa shape index (κ2) is 13.3. The molecule has 0 spiro atoms. The van der Waals surface area contributed by atoms with Crippen molar-refractivity contribution >= 4 is 28.6 Å². The molecule has 42 heavy (non-hydrogen) atoms. The van der Waals surface area contributed by atoms with Crippen molar-refractivity contribution < 1.29 is 19.5 Å². The number of nitrogens with two attached hydrogens (primary N) is 2. The molecule has 0 bridgehead atoms. The minimum atomic E-state index is -2.90. The van der Waals surface area contributed by atoms with Crippen LogP contribution >= 0.6 is 0 Å². The number of nitrogens with one attached hydrogen (secondary N) is 3. The maximum Gasteiger partial charge on any atom is 0.317 e. The molecule has 0 aliphatic carbocycles. The van der Waals surface area contributed by atoms with E-state index in [1.54, 1.807) is 0 Å². The number of hydrogen-bond acceptors (Lipinski definition) is 5. The molecule has 0 heterocycles. The zero-order chi connectivity index (χ0) is 30.2. The first-order valence-corrected chi connectivity index (χ1v) is 13.9. The molecule has 3 unspecified atom stereocenters. The van der Waals surface area contributed by atoms with Gasteiger partial charge in [0.15, 0.2) is 5.54 Å². The molecule has 0 aliphatic heterocycles. The highest BCUT2D eigenvalue weighted by molar-refractivity contribution is 5.99. The first-order chi connectivity index (χ1) is 20.2. The van der Waals surface area contributed by atoms with Crippen LogP contribution < -0.4 is 27.4 Å². The molecule has 3 atom stereocenters. The van der Waals surface area contributed by atoms with Crippen molar-refractivity contribution in [2.45, 2.75) is 44.1 Å². The van der Waals surface area contributed by atoms with E-state index in [0.717, 1.165) is 27.5 Å². The van der Waals surface area contributed by atoms with Gasteiger partial charge < -0.3 is 27.2 Å². The van der Waals surface area contributed by atoms with Crippen molar-refractivity contribution in [2.75, 3.05) is 0 Å². The monoisotopic (exact) mass is 567 g/mol.